The van der Waals surface area contributed by atoms with E-state index in [9.17, 15) is 19.5 Å². The number of ether oxygens (including phenoxy) is 4. The fraction of sp³-hybridized carbons (Fsp3) is 0.815. The molecule has 0 rings (SSSR count). The quantitative estimate of drug-likeness (QED) is 0.0195. The molecule has 0 aliphatic rings. The molecule has 101 heavy (non-hydrogen) atoms. The third-order valence-electron chi connectivity index (χ3n) is 19.7. The first kappa shape index (κ1) is 97.5. The molecular formula is C92H167NO8. The van der Waals surface area contributed by atoms with Gasteiger partial charge in [0.25, 0.3) is 0 Å². The summed E-state index contributed by atoms with van der Waals surface area (Å²) < 4.78 is 22.9. The number of hydrogen-bond acceptors (Lipinski definition) is 8. The summed E-state index contributed by atoms with van der Waals surface area (Å²) in [5.74, 6) is -2.26. The monoisotopic (exact) mass is 1410 g/mol. The molecular weight excluding hydrogens is 1250 g/mol. The van der Waals surface area contributed by atoms with Crippen molar-refractivity contribution < 1.29 is 42.9 Å². The van der Waals surface area contributed by atoms with Crippen LogP contribution in [0.3, 0.4) is 0 Å². The second kappa shape index (κ2) is 82.1. The van der Waals surface area contributed by atoms with E-state index in [1.807, 2.05) is 21.1 Å². The summed E-state index contributed by atoms with van der Waals surface area (Å²) in [5, 5.41) is 11.9. The zero-order valence-corrected chi connectivity index (χ0v) is 67.5. The number of allylic oxidation sites excluding steroid dienone is 14. The first-order valence-electron chi connectivity index (χ1n) is 43.7. The third-order valence-corrected chi connectivity index (χ3v) is 19.7. The van der Waals surface area contributed by atoms with Gasteiger partial charge in [-0.1, -0.05) is 426 Å². The van der Waals surface area contributed by atoms with Gasteiger partial charge in [-0.15, -0.1) is 0 Å². The predicted octanol–water partition coefficient (Wildman–Crippen LogP) is 27.2. The molecule has 9 heteroatoms. The van der Waals surface area contributed by atoms with Crippen LogP contribution in [0, 0.1) is 0 Å². The number of hydrogen-bond donors (Lipinski definition) is 0. The van der Waals surface area contributed by atoms with E-state index in [4.69, 9.17) is 18.9 Å². The van der Waals surface area contributed by atoms with Crippen LogP contribution in [0.25, 0.3) is 0 Å². The normalized spacial score (nSPS) is 13.0. The highest BCUT2D eigenvalue weighted by Gasteiger charge is 2.22. The molecule has 588 valence electrons. The zero-order valence-electron chi connectivity index (χ0n) is 67.5. The number of carboxylic acids is 1. The number of nitrogens with zero attached hydrogens (tertiary/aromatic N) is 1. The first-order valence-corrected chi connectivity index (χ1v) is 43.7. The van der Waals surface area contributed by atoms with Crippen LogP contribution in [-0.4, -0.2) is 82.3 Å². The lowest BCUT2D eigenvalue weighted by molar-refractivity contribution is -0.870. The minimum atomic E-state index is -1.62. The lowest BCUT2D eigenvalue weighted by Gasteiger charge is -2.26. The van der Waals surface area contributed by atoms with Crippen LogP contribution in [0.1, 0.15) is 425 Å². The van der Waals surface area contributed by atoms with Crippen LogP contribution in [0.15, 0.2) is 85.1 Å². The Labute approximate surface area is 627 Å². The Kier molecular flexibility index (Phi) is 79.3. The number of likely N-dealkylation sites (N-methyl/N-ethyl adjacent to an activating group) is 1. The summed E-state index contributed by atoms with van der Waals surface area (Å²) in [6.45, 7) is 4.70. The lowest BCUT2D eigenvalue weighted by atomic mass is 10.0. The molecule has 2 atom stereocenters. The van der Waals surface area contributed by atoms with Crippen molar-refractivity contribution >= 4 is 17.9 Å². The van der Waals surface area contributed by atoms with Gasteiger partial charge in [-0.2, -0.15) is 0 Å². The van der Waals surface area contributed by atoms with E-state index < -0.39 is 24.3 Å². The molecule has 0 N–H and O–H groups in total. The van der Waals surface area contributed by atoms with Crippen LogP contribution in [0.4, 0.5) is 0 Å². The van der Waals surface area contributed by atoms with Gasteiger partial charge in [0.1, 0.15) is 13.2 Å². The summed E-state index contributed by atoms with van der Waals surface area (Å²) in [7, 11) is 5.95. The summed E-state index contributed by atoms with van der Waals surface area (Å²) in [4.78, 5) is 37.7. The van der Waals surface area contributed by atoms with Crippen molar-refractivity contribution in [2.45, 2.75) is 437 Å². The van der Waals surface area contributed by atoms with Crippen LogP contribution in [0.5, 0.6) is 0 Å². The van der Waals surface area contributed by atoms with Gasteiger partial charge in [-0.3, -0.25) is 9.59 Å². The van der Waals surface area contributed by atoms with Crippen molar-refractivity contribution in [1.82, 2.24) is 0 Å². The summed E-state index contributed by atoms with van der Waals surface area (Å²) in [6.07, 6.45) is 110. The molecule has 0 fully saturated rings. The van der Waals surface area contributed by atoms with Gasteiger partial charge < -0.3 is 33.3 Å². The Bertz CT molecular complexity index is 1940. The fourth-order valence-corrected chi connectivity index (χ4v) is 13.1. The van der Waals surface area contributed by atoms with Crippen molar-refractivity contribution in [3.63, 3.8) is 0 Å². The second-order valence-electron chi connectivity index (χ2n) is 30.8. The maximum atomic E-state index is 13.0. The Morgan fingerprint density at radius 3 is 0.842 bits per heavy atom. The number of unbranched alkanes of at least 4 members (excludes halogenated alkanes) is 53. The molecule has 0 aromatic carbocycles. The molecule has 2 unspecified atom stereocenters. The maximum absolute atomic E-state index is 13.0. The Morgan fingerprint density at radius 1 is 0.307 bits per heavy atom. The molecule has 9 nitrogen and oxygen atoms in total. The molecule has 0 aromatic rings. The molecule has 0 spiro atoms. The largest absolute Gasteiger partial charge is 0.545 e. The van der Waals surface area contributed by atoms with Gasteiger partial charge in [-0.05, 0) is 70.6 Å². The molecule has 0 saturated carbocycles. The maximum Gasteiger partial charge on any atom is 0.306 e. The average molecular weight is 1420 g/mol. The topological polar surface area (TPSA) is 111 Å². The van der Waals surface area contributed by atoms with E-state index in [0.717, 1.165) is 83.5 Å². The number of carbonyl (C=O) groups is 3. The number of carbonyl (C=O) groups excluding carboxylic acids is 3. The highest BCUT2D eigenvalue weighted by molar-refractivity contribution is 5.70. The van der Waals surface area contributed by atoms with E-state index in [1.165, 1.54) is 308 Å². The molecule has 0 aromatic heterocycles. The number of carboxylic acid groups (broad SMARTS) is 1. The highest BCUT2D eigenvalue weighted by atomic mass is 16.7. The summed E-state index contributed by atoms with van der Waals surface area (Å²) in [5.41, 5.74) is 0. The van der Waals surface area contributed by atoms with Gasteiger partial charge in [0.15, 0.2) is 12.4 Å². The molecule has 0 amide bonds. The fourth-order valence-electron chi connectivity index (χ4n) is 13.1. The third kappa shape index (κ3) is 83.6. The van der Waals surface area contributed by atoms with E-state index in [2.05, 4.69) is 98.9 Å². The zero-order chi connectivity index (χ0) is 73.2. The Balaban J connectivity index is 3.95. The van der Waals surface area contributed by atoms with E-state index in [-0.39, 0.29) is 32.2 Å². The van der Waals surface area contributed by atoms with Crippen molar-refractivity contribution in [2.24, 2.45) is 0 Å². The smallest absolute Gasteiger partial charge is 0.306 e. The highest BCUT2D eigenvalue weighted by Crippen LogP contribution is 2.20. The standard InChI is InChI=1S/C92H167NO8/c1-6-8-10-12-14-16-18-20-22-24-26-28-30-32-34-36-38-40-42-44-45-47-48-50-52-54-56-58-60-62-64-66-68-70-72-74-76-78-80-82-89(94)99-86-88(87-100-92(91(96)97)98-85-84-93(3,4)5)101-90(95)83-81-79-77-75-73-71-69-67-65-63-61-59-57-55-53-51-49-46-43-41-39-37-35-33-31-29-27-25-23-21-19-17-15-13-11-9-7-2/h9,11,15,17,21,23,27,29,33,35,39,41,46,49,88,92H,6-8,10,12-14,16,18-20,22,24-26,28,30-32,34,36-38,40,42-45,47-48,50-87H2,1-5H3/b11-9-,17-15-,23-21-,29-27-,35-33-,41-39-,49-46-. The van der Waals surface area contributed by atoms with E-state index in [1.54, 1.807) is 0 Å². The molecule has 0 heterocycles. The number of esters is 2. The molecule has 0 radical (unpaired) electrons. The van der Waals surface area contributed by atoms with Crippen molar-refractivity contribution in [2.75, 3.05) is 47.5 Å². The SMILES string of the molecule is CC/C=C\C/C=C\C/C=C\C/C=C\C/C=C\C/C=C\C/C=C\CCCCCCCCCCCCCCCCCC(=O)OC(COC(=O)CCCCCCCCCCCCCCCCCCCCCCCCCCCCCCCCCCCCCCCCC)COC(OCC[N+](C)(C)C)C(=O)[O-]. The van der Waals surface area contributed by atoms with E-state index in [0.29, 0.717) is 23.9 Å². The first-order chi connectivity index (χ1) is 49.6. The Hall–Kier alpha value is -3.53. The van der Waals surface area contributed by atoms with Crippen LogP contribution >= 0.6 is 0 Å². The minimum Gasteiger partial charge on any atom is -0.545 e. The van der Waals surface area contributed by atoms with Gasteiger partial charge in [0.05, 0.1) is 40.3 Å². The molecule has 0 saturated heterocycles. The molecule has 0 aliphatic heterocycles. The predicted molar refractivity (Wildman–Crippen MR) is 435 cm³/mol. The van der Waals surface area contributed by atoms with E-state index >= 15 is 0 Å². The molecule has 0 bridgehead atoms. The van der Waals surface area contributed by atoms with Gasteiger partial charge in [-0.25, -0.2) is 0 Å². The summed E-state index contributed by atoms with van der Waals surface area (Å²) >= 11 is 0. The van der Waals surface area contributed by atoms with Crippen molar-refractivity contribution in [3.05, 3.63) is 85.1 Å². The lowest BCUT2D eigenvalue weighted by Crippen LogP contribution is -2.44. The second-order valence-corrected chi connectivity index (χ2v) is 30.8. The number of aliphatic carboxylic acids is 1. The van der Waals surface area contributed by atoms with Crippen LogP contribution < -0.4 is 5.11 Å². The van der Waals surface area contributed by atoms with Crippen molar-refractivity contribution in [1.29, 1.82) is 0 Å². The Morgan fingerprint density at radius 2 is 0.564 bits per heavy atom. The molecule has 0 aliphatic carbocycles. The number of quaternary nitrogens is 1. The number of rotatable bonds is 82. The minimum absolute atomic E-state index is 0.148. The van der Waals surface area contributed by atoms with Crippen LogP contribution in [0.2, 0.25) is 0 Å². The van der Waals surface area contributed by atoms with Gasteiger partial charge in [0, 0.05) is 12.8 Å². The van der Waals surface area contributed by atoms with Gasteiger partial charge in [0.2, 0.25) is 0 Å². The van der Waals surface area contributed by atoms with Crippen LogP contribution in [-0.2, 0) is 33.3 Å². The van der Waals surface area contributed by atoms with Crippen molar-refractivity contribution in [3.8, 4) is 0 Å². The summed E-state index contributed by atoms with van der Waals surface area (Å²) in [6, 6.07) is 0. The average Bonchev–Trinajstić information content (AvgIpc) is 1.25. The van der Waals surface area contributed by atoms with Gasteiger partial charge >= 0.3 is 11.9 Å².